The molecule has 5 rings (SSSR count). The van der Waals surface area contributed by atoms with E-state index < -0.39 is 17.4 Å². The van der Waals surface area contributed by atoms with Gasteiger partial charge in [-0.2, -0.15) is 18.2 Å². The lowest BCUT2D eigenvalue weighted by Gasteiger charge is -2.09. The molecular formula is C22H17F3N6O2. The predicted molar refractivity (Wildman–Crippen MR) is 115 cm³/mol. The van der Waals surface area contributed by atoms with Crippen LogP contribution in [-0.4, -0.2) is 28.7 Å². The number of benzene rings is 1. The van der Waals surface area contributed by atoms with Crippen molar-refractivity contribution >= 4 is 22.3 Å². The Labute approximate surface area is 184 Å². The molecule has 4 heterocycles. The minimum atomic E-state index is -4.62. The van der Waals surface area contributed by atoms with Crippen LogP contribution in [-0.2, 0) is 19.8 Å². The molecule has 0 spiro atoms. The quantitative estimate of drug-likeness (QED) is 0.405. The van der Waals surface area contributed by atoms with Gasteiger partial charge in [-0.1, -0.05) is 0 Å². The maximum atomic E-state index is 13.6. The van der Waals surface area contributed by atoms with Gasteiger partial charge in [0.2, 0.25) is 0 Å². The van der Waals surface area contributed by atoms with Gasteiger partial charge in [0.05, 0.1) is 11.3 Å². The summed E-state index contributed by atoms with van der Waals surface area (Å²) in [6.45, 7) is 1.68. The van der Waals surface area contributed by atoms with E-state index in [9.17, 15) is 18.0 Å². The molecule has 0 saturated heterocycles. The first kappa shape index (κ1) is 20.7. The monoisotopic (exact) mass is 454 g/mol. The summed E-state index contributed by atoms with van der Waals surface area (Å²) in [4.78, 5) is 25.7. The highest BCUT2D eigenvalue weighted by molar-refractivity contribution is 5.78. The third-order valence-corrected chi connectivity index (χ3v) is 5.32. The third kappa shape index (κ3) is 3.32. The molecule has 0 unspecified atom stereocenters. The summed E-state index contributed by atoms with van der Waals surface area (Å²) in [6, 6.07) is 11.2. The molecule has 0 saturated carbocycles. The summed E-state index contributed by atoms with van der Waals surface area (Å²) in [6.07, 6.45) is -1.90. The Balaban J connectivity index is 1.57. The second kappa shape index (κ2) is 7.47. The van der Waals surface area contributed by atoms with E-state index in [1.54, 1.807) is 55.1 Å². The van der Waals surface area contributed by atoms with Crippen LogP contribution in [0.25, 0.3) is 28.0 Å². The van der Waals surface area contributed by atoms with Crippen molar-refractivity contribution in [1.82, 2.24) is 28.7 Å². The second-order valence-electron chi connectivity index (χ2n) is 7.29. The number of aryl methyl sites for hydroxylation is 2. The average molecular weight is 454 g/mol. The van der Waals surface area contributed by atoms with Crippen LogP contribution in [0.4, 0.5) is 13.2 Å². The number of hydrogen-bond donors (Lipinski definition) is 0. The Bertz CT molecular complexity index is 1550. The number of alkyl halides is 3. The van der Waals surface area contributed by atoms with E-state index in [0.29, 0.717) is 28.6 Å². The molecule has 0 radical (unpaired) electrons. The van der Waals surface area contributed by atoms with Crippen molar-refractivity contribution in [2.75, 3.05) is 0 Å². The molecule has 4 aromatic heterocycles. The van der Waals surface area contributed by atoms with E-state index in [0.717, 1.165) is 21.4 Å². The fourth-order valence-electron chi connectivity index (χ4n) is 3.80. The number of rotatable bonds is 4. The molecule has 0 fully saturated rings. The average Bonchev–Trinajstić information content (AvgIpc) is 3.26. The van der Waals surface area contributed by atoms with Crippen molar-refractivity contribution in [3.8, 4) is 17.4 Å². The highest BCUT2D eigenvalue weighted by atomic mass is 19.4. The van der Waals surface area contributed by atoms with Gasteiger partial charge in [0.15, 0.2) is 11.3 Å². The van der Waals surface area contributed by atoms with Crippen LogP contribution in [0, 0.1) is 0 Å². The fraction of sp³-hybridized carbons (Fsp3) is 0.182. The number of halogens is 3. The molecule has 8 nitrogen and oxygen atoms in total. The second-order valence-corrected chi connectivity index (χ2v) is 7.29. The van der Waals surface area contributed by atoms with Crippen LogP contribution in [0.5, 0.6) is 11.8 Å². The van der Waals surface area contributed by atoms with Gasteiger partial charge in [-0.3, -0.25) is 9.13 Å². The lowest BCUT2D eigenvalue weighted by atomic mass is 10.2. The summed E-state index contributed by atoms with van der Waals surface area (Å²) < 4.78 is 50.5. The van der Waals surface area contributed by atoms with Crippen LogP contribution < -0.4 is 10.4 Å². The molecular weight excluding hydrogens is 437 g/mol. The van der Waals surface area contributed by atoms with Gasteiger partial charge in [-0.25, -0.2) is 19.3 Å². The lowest BCUT2D eigenvalue weighted by Crippen LogP contribution is -2.23. The minimum Gasteiger partial charge on any atom is -0.425 e. The summed E-state index contributed by atoms with van der Waals surface area (Å²) in [5.41, 5.74) is -0.112. The van der Waals surface area contributed by atoms with Crippen LogP contribution in [0.1, 0.15) is 12.5 Å². The van der Waals surface area contributed by atoms with Gasteiger partial charge in [0, 0.05) is 26.0 Å². The van der Waals surface area contributed by atoms with Gasteiger partial charge >= 0.3 is 17.9 Å². The van der Waals surface area contributed by atoms with E-state index in [4.69, 9.17) is 4.74 Å². The van der Waals surface area contributed by atoms with Gasteiger partial charge in [0.25, 0.3) is 0 Å². The molecule has 168 valence electrons. The summed E-state index contributed by atoms with van der Waals surface area (Å²) in [5, 5.41) is 0. The van der Waals surface area contributed by atoms with E-state index in [2.05, 4.69) is 15.0 Å². The number of aromatic nitrogens is 6. The van der Waals surface area contributed by atoms with E-state index in [-0.39, 0.29) is 17.7 Å². The molecule has 0 aliphatic carbocycles. The maximum absolute atomic E-state index is 13.6. The van der Waals surface area contributed by atoms with E-state index in [1.165, 1.54) is 0 Å². The molecule has 33 heavy (non-hydrogen) atoms. The van der Waals surface area contributed by atoms with Crippen molar-refractivity contribution in [2.24, 2.45) is 7.05 Å². The van der Waals surface area contributed by atoms with Crippen molar-refractivity contribution in [2.45, 2.75) is 19.6 Å². The summed E-state index contributed by atoms with van der Waals surface area (Å²) in [5.74, 6) is 0.438. The molecule has 0 aliphatic heterocycles. The van der Waals surface area contributed by atoms with Crippen LogP contribution in [0.3, 0.4) is 0 Å². The fourth-order valence-corrected chi connectivity index (χ4v) is 3.80. The molecule has 11 heteroatoms. The number of nitrogens with zero attached hydrogens (tertiary/aromatic N) is 6. The van der Waals surface area contributed by atoms with Gasteiger partial charge in [0.1, 0.15) is 16.8 Å². The Kier molecular flexibility index (Phi) is 4.69. The highest BCUT2D eigenvalue weighted by Gasteiger charge is 2.35. The van der Waals surface area contributed by atoms with Crippen molar-refractivity contribution in [3.05, 3.63) is 70.9 Å². The van der Waals surface area contributed by atoms with Gasteiger partial charge in [-0.15, -0.1) is 0 Å². The molecule has 5 aromatic rings. The molecule has 0 bridgehead atoms. The standard InChI is InChI=1S/C22H17F3N6O2/c1-3-30-17-15(22(23,24)25)10-12-27-19(17)31(21(30)32)13-6-8-14(9-7-13)33-20-28-16-5-4-11-26-18(16)29(20)2/h4-12H,3H2,1-2H3. The van der Waals surface area contributed by atoms with Crippen LogP contribution in [0.15, 0.2) is 59.7 Å². The number of fused-ring (bicyclic) bond motifs is 2. The Morgan fingerprint density at radius 2 is 1.73 bits per heavy atom. The topological polar surface area (TPSA) is 79.8 Å². The smallest absolute Gasteiger partial charge is 0.418 e. The normalized spacial score (nSPS) is 12.0. The van der Waals surface area contributed by atoms with E-state index >= 15 is 0 Å². The van der Waals surface area contributed by atoms with Gasteiger partial charge < -0.3 is 4.74 Å². The lowest BCUT2D eigenvalue weighted by molar-refractivity contribution is -0.136. The number of imidazole rings is 2. The first-order chi connectivity index (χ1) is 15.8. The van der Waals surface area contributed by atoms with Crippen molar-refractivity contribution < 1.29 is 17.9 Å². The zero-order valence-corrected chi connectivity index (χ0v) is 17.5. The van der Waals surface area contributed by atoms with Crippen LogP contribution >= 0.6 is 0 Å². The zero-order chi connectivity index (χ0) is 23.3. The summed E-state index contributed by atoms with van der Waals surface area (Å²) >= 11 is 0. The highest BCUT2D eigenvalue weighted by Crippen LogP contribution is 2.34. The molecule has 1 aromatic carbocycles. The predicted octanol–water partition coefficient (Wildman–Crippen LogP) is 4.30. The Hall–Kier alpha value is -4.15. The number of pyridine rings is 2. The first-order valence-corrected chi connectivity index (χ1v) is 10.0. The largest absolute Gasteiger partial charge is 0.425 e. The number of hydrogen-bond acceptors (Lipinski definition) is 5. The molecule has 0 atom stereocenters. The SMILES string of the molecule is CCn1c(=O)n(-c2ccc(Oc3nc4cccnc4n3C)cc2)c2nccc(C(F)(F)F)c21. The zero-order valence-electron chi connectivity index (χ0n) is 17.5. The maximum Gasteiger partial charge on any atom is 0.418 e. The number of ether oxygens (including phenoxy) is 1. The van der Waals surface area contributed by atoms with Gasteiger partial charge in [-0.05, 0) is 49.4 Å². The van der Waals surface area contributed by atoms with Crippen molar-refractivity contribution in [1.29, 1.82) is 0 Å². The van der Waals surface area contributed by atoms with E-state index in [1.807, 2.05) is 6.07 Å². The Morgan fingerprint density at radius 3 is 2.39 bits per heavy atom. The first-order valence-electron chi connectivity index (χ1n) is 10.0. The minimum absolute atomic E-state index is 0.0632. The summed E-state index contributed by atoms with van der Waals surface area (Å²) in [7, 11) is 1.77. The van der Waals surface area contributed by atoms with Crippen molar-refractivity contribution in [3.63, 3.8) is 0 Å². The molecule has 0 N–H and O–H groups in total. The van der Waals surface area contributed by atoms with Crippen LogP contribution in [0.2, 0.25) is 0 Å². The third-order valence-electron chi connectivity index (χ3n) is 5.32. The Morgan fingerprint density at radius 1 is 1.00 bits per heavy atom. The molecule has 0 aliphatic rings. The molecule has 0 amide bonds.